The zero-order chi connectivity index (χ0) is 10.8. The lowest BCUT2D eigenvalue weighted by Gasteiger charge is -2.15. The van der Waals surface area contributed by atoms with Gasteiger partial charge in [-0.2, -0.15) is 0 Å². The number of nitrogens with zero attached hydrogens (tertiary/aromatic N) is 1. The Balaban J connectivity index is 2.01. The minimum atomic E-state index is -0.591. The molecule has 1 aromatic rings. The molecule has 0 aliphatic carbocycles. The fraction of sp³-hybridized carbons (Fsp3) is 0.455. The number of aliphatic hydroxyl groups excluding tert-OH is 2. The van der Waals surface area contributed by atoms with Gasteiger partial charge < -0.3 is 10.2 Å². The molecule has 0 saturated carbocycles. The minimum Gasteiger partial charge on any atom is -0.389 e. The van der Waals surface area contributed by atoms with Crippen LogP contribution in [0.1, 0.15) is 5.56 Å². The van der Waals surface area contributed by atoms with Crippen molar-refractivity contribution in [3.8, 4) is 0 Å². The van der Waals surface area contributed by atoms with E-state index in [1.54, 1.807) is 0 Å². The van der Waals surface area contributed by atoms with E-state index in [9.17, 15) is 10.2 Å². The number of benzene rings is 1. The van der Waals surface area contributed by atoms with E-state index in [-0.39, 0.29) is 0 Å². The smallest absolute Gasteiger partial charge is 0.0938 e. The van der Waals surface area contributed by atoms with Crippen LogP contribution in [0.3, 0.4) is 0 Å². The molecular weight excluding hydrogens is 305 g/mol. The molecule has 0 bridgehead atoms. The lowest BCUT2D eigenvalue weighted by molar-refractivity contribution is 0.0572. The van der Waals surface area contributed by atoms with Crippen LogP contribution in [0.15, 0.2) is 24.3 Å². The Labute approximate surface area is 103 Å². The van der Waals surface area contributed by atoms with E-state index in [0.717, 1.165) is 6.54 Å². The Kier molecular flexibility index (Phi) is 3.60. The van der Waals surface area contributed by atoms with Crippen LogP contribution in [0.4, 0.5) is 0 Å². The number of hydrogen-bond acceptors (Lipinski definition) is 3. The number of hydrogen-bond donors (Lipinski definition) is 2. The summed E-state index contributed by atoms with van der Waals surface area (Å²) in [5.41, 5.74) is 1.25. The van der Waals surface area contributed by atoms with Crippen molar-refractivity contribution < 1.29 is 10.2 Å². The molecule has 82 valence electrons. The summed E-state index contributed by atoms with van der Waals surface area (Å²) in [6.07, 6.45) is -1.18. The van der Waals surface area contributed by atoms with Gasteiger partial charge in [0.1, 0.15) is 0 Å². The molecule has 4 heteroatoms. The third kappa shape index (κ3) is 2.69. The van der Waals surface area contributed by atoms with E-state index in [1.807, 2.05) is 12.1 Å². The molecule has 3 nitrogen and oxygen atoms in total. The molecule has 2 atom stereocenters. The second-order valence-electron chi connectivity index (χ2n) is 3.92. The largest absolute Gasteiger partial charge is 0.389 e. The quantitative estimate of drug-likeness (QED) is 0.794. The van der Waals surface area contributed by atoms with Gasteiger partial charge >= 0.3 is 0 Å². The van der Waals surface area contributed by atoms with Crippen LogP contribution in [0.2, 0.25) is 0 Å². The van der Waals surface area contributed by atoms with Gasteiger partial charge in [-0.1, -0.05) is 18.2 Å². The van der Waals surface area contributed by atoms with Crippen LogP contribution in [0.25, 0.3) is 0 Å². The molecule has 0 spiro atoms. The molecule has 1 heterocycles. The third-order valence-corrected chi connectivity index (χ3v) is 3.74. The summed E-state index contributed by atoms with van der Waals surface area (Å²) in [5, 5.41) is 18.8. The topological polar surface area (TPSA) is 43.7 Å². The first kappa shape index (κ1) is 11.3. The highest BCUT2D eigenvalue weighted by Gasteiger charge is 2.29. The standard InChI is InChI=1S/C11H14INO2/c12-9-4-2-1-3-8(9)5-13-6-10(14)11(15)7-13/h1-4,10-11,14-15H,5-7H2/t10-,11-/m0/s1. The van der Waals surface area contributed by atoms with Crippen LogP contribution in [0, 0.1) is 3.57 Å². The average molecular weight is 319 g/mol. The molecule has 1 aliphatic heterocycles. The van der Waals surface area contributed by atoms with Gasteiger partial charge in [-0.25, -0.2) is 0 Å². The molecule has 0 amide bonds. The zero-order valence-electron chi connectivity index (χ0n) is 8.31. The first-order chi connectivity index (χ1) is 7.16. The van der Waals surface area contributed by atoms with Crippen LogP contribution >= 0.6 is 22.6 Å². The Morgan fingerprint density at radius 2 is 1.80 bits per heavy atom. The predicted molar refractivity (Wildman–Crippen MR) is 66.4 cm³/mol. The zero-order valence-corrected chi connectivity index (χ0v) is 10.5. The number of aliphatic hydroxyl groups is 2. The van der Waals surface area contributed by atoms with Crippen LogP contribution in [-0.4, -0.2) is 40.4 Å². The van der Waals surface area contributed by atoms with E-state index < -0.39 is 12.2 Å². The van der Waals surface area contributed by atoms with E-state index >= 15 is 0 Å². The SMILES string of the molecule is O[C@H]1CN(Cc2ccccc2I)C[C@@H]1O. The Bertz CT molecular complexity index is 335. The van der Waals surface area contributed by atoms with Gasteiger partial charge in [-0.15, -0.1) is 0 Å². The van der Waals surface area contributed by atoms with Crippen molar-refractivity contribution in [3.05, 3.63) is 33.4 Å². The molecule has 1 aliphatic rings. The van der Waals surface area contributed by atoms with Crippen molar-refractivity contribution in [1.82, 2.24) is 4.90 Å². The normalized spacial score (nSPS) is 27.1. The van der Waals surface area contributed by atoms with Gasteiger partial charge in [0.05, 0.1) is 12.2 Å². The van der Waals surface area contributed by atoms with Gasteiger partial charge in [0.15, 0.2) is 0 Å². The summed E-state index contributed by atoms with van der Waals surface area (Å²) in [6, 6.07) is 8.18. The molecular formula is C11H14INO2. The van der Waals surface area contributed by atoms with E-state index in [2.05, 4.69) is 39.6 Å². The molecule has 1 saturated heterocycles. The highest BCUT2D eigenvalue weighted by Crippen LogP contribution is 2.17. The Morgan fingerprint density at radius 3 is 2.40 bits per heavy atom. The number of rotatable bonds is 2. The highest BCUT2D eigenvalue weighted by atomic mass is 127. The van der Waals surface area contributed by atoms with Crippen molar-refractivity contribution in [2.24, 2.45) is 0 Å². The maximum absolute atomic E-state index is 9.42. The van der Waals surface area contributed by atoms with Gasteiger partial charge in [0.2, 0.25) is 0 Å². The number of β-amino-alcohol motifs (C(OH)–C–C–N with tert-alkyl or cyclic N) is 2. The molecule has 0 aromatic heterocycles. The summed E-state index contributed by atoms with van der Waals surface area (Å²) in [5.74, 6) is 0. The van der Waals surface area contributed by atoms with E-state index in [0.29, 0.717) is 13.1 Å². The molecule has 2 rings (SSSR count). The van der Waals surface area contributed by atoms with Crippen molar-refractivity contribution in [2.75, 3.05) is 13.1 Å². The van der Waals surface area contributed by atoms with E-state index in [4.69, 9.17) is 0 Å². The monoisotopic (exact) mass is 319 g/mol. The first-order valence-corrected chi connectivity index (χ1v) is 6.06. The Morgan fingerprint density at radius 1 is 1.20 bits per heavy atom. The number of likely N-dealkylation sites (tertiary alicyclic amines) is 1. The molecule has 0 unspecified atom stereocenters. The third-order valence-electron chi connectivity index (χ3n) is 2.69. The van der Waals surface area contributed by atoms with Crippen LogP contribution in [0.5, 0.6) is 0 Å². The summed E-state index contributed by atoms with van der Waals surface area (Å²) < 4.78 is 1.23. The van der Waals surface area contributed by atoms with Crippen molar-refractivity contribution in [1.29, 1.82) is 0 Å². The summed E-state index contributed by atoms with van der Waals surface area (Å²) >= 11 is 2.31. The van der Waals surface area contributed by atoms with E-state index in [1.165, 1.54) is 9.13 Å². The van der Waals surface area contributed by atoms with Gasteiger partial charge in [0, 0.05) is 23.2 Å². The van der Waals surface area contributed by atoms with Crippen molar-refractivity contribution in [2.45, 2.75) is 18.8 Å². The van der Waals surface area contributed by atoms with Crippen molar-refractivity contribution in [3.63, 3.8) is 0 Å². The molecule has 2 N–H and O–H groups in total. The number of halogens is 1. The molecule has 1 aromatic carbocycles. The van der Waals surface area contributed by atoms with Gasteiger partial charge in [-0.3, -0.25) is 4.90 Å². The first-order valence-electron chi connectivity index (χ1n) is 4.98. The summed E-state index contributed by atoms with van der Waals surface area (Å²) in [7, 11) is 0. The lowest BCUT2D eigenvalue weighted by atomic mass is 10.2. The molecule has 1 fully saturated rings. The highest BCUT2D eigenvalue weighted by molar-refractivity contribution is 14.1. The Hall–Kier alpha value is -0.170. The van der Waals surface area contributed by atoms with Crippen LogP contribution in [-0.2, 0) is 6.54 Å². The maximum Gasteiger partial charge on any atom is 0.0938 e. The second-order valence-corrected chi connectivity index (χ2v) is 5.08. The second kappa shape index (κ2) is 4.78. The molecule has 0 radical (unpaired) electrons. The van der Waals surface area contributed by atoms with Gasteiger partial charge in [0.25, 0.3) is 0 Å². The average Bonchev–Trinajstić information content (AvgIpc) is 2.50. The van der Waals surface area contributed by atoms with Crippen LogP contribution < -0.4 is 0 Å². The predicted octanol–water partition coefficient (Wildman–Crippen LogP) is 0.829. The molecule has 15 heavy (non-hydrogen) atoms. The van der Waals surface area contributed by atoms with Crippen molar-refractivity contribution >= 4 is 22.6 Å². The summed E-state index contributed by atoms with van der Waals surface area (Å²) in [6.45, 7) is 1.92. The minimum absolute atomic E-state index is 0.562. The maximum atomic E-state index is 9.42. The fourth-order valence-corrected chi connectivity index (χ4v) is 2.40. The van der Waals surface area contributed by atoms with Gasteiger partial charge in [-0.05, 0) is 34.2 Å². The summed E-state index contributed by atoms with van der Waals surface area (Å²) in [4.78, 5) is 2.08. The fourth-order valence-electron chi connectivity index (χ4n) is 1.84. The lowest BCUT2D eigenvalue weighted by Crippen LogP contribution is -2.22.